The highest BCUT2D eigenvalue weighted by atomic mass is 16.3. The van der Waals surface area contributed by atoms with Crippen molar-refractivity contribution in [2.24, 2.45) is 0 Å². The molecule has 100 valence electrons. The molecule has 0 unspecified atom stereocenters. The summed E-state index contributed by atoms with van der Waals surface area (Å²) in [5.41, 5.74) is 1.81. The van der Waals surface area contributed by atoms with Gasteiger partial charge >= 0.3 is 0 Å². The number of phenolic OH excluding ortho intramolecular Hbond substituents is 2. The number of phenols is 2. The van der Waals surface area contributed by atoms with Crippen molar-refractivity contribution in [2.75, 3.05) is 5.32 Å². The molecule has 3 rings (SSSR count). The quantitative estimate of drug-likeness (QED) is 0.426. The fraction of sp³-hybridized carbons (Fsp3) is 0. The highest BCUT2D eigenvalue weighted by molar-refractivity contribution is 6.12. The third-order valence-corrected chi connectivity index (χ3v) is 3.07. The molecule has 4 N–H and O–H groups in total. The summed E-state index contributed by atoms with van der Waals surface area (Å²) >= 11 is 0. The van der Waals surface area contributed by atoms with Gasteiger partial charge in [-0.25, -0.2) is 0 Å². The summed E-state index contributed by atoms with van der Waals surface area (Å²) in [7, 11) is 0. The average Bonchev–Trinajstić information content (AvgIpc) is 2.87. The minimum Gasteiger partial charge on any atom is -0.504 e. The van der Waals surface area contributed by atoms with Crippen molar-refractivity contribution in [3.63, 3.8) is 0 Å². The second-order valence-corrected chi connectivity index (χ2v) is 4.41. The van der Waals surface area contributed by atoms with E-state index in [-0.39, 0.29) is 17.4 Å². The van der Waals surface area contributed by atoms with Crippen LogP contribution < -0.4 is 5.32 Å². The van der Waals surface area contributed by atoms with E-state index in [9.17, 15) is 15.0 Å². The molecule has 0 aliphatic carbocycles. The first-order valence-corrected chi connectivity index (χ1v) is 6.04. The van der Waals surface area contributed by atoms with Gasteiger partial charge in [0.2, 0.25) is 0 Å². The molecular weight excluding hydrogens is 256 g/mol. The largest absolute Gasteiger partial charge is 0.504 e. The number of H-pyrrole nitrogens is 1. The third-order valence-electron chi connectivity index (χ3n) is 3.07. The number of hydrogen-bond acceptors (Lipinski definition) is 3. The van der Waals surface area contributed by atoms with Gasteiger partial charge in [0.15, 0.2) is 11.5 Å². The maximum Gasteiger partial charge on any atom is 0.257 e. The number of aromatic nitrogens is 1. The van der Waals surface area contributed by atoms with Crippen LogP contribution in [-0.2, 0) is 0 Å². The molecule has 1 heterocycles. The summed E-state index contributed by atoms with van der Waals surface area (Å²) in [6, 6.07) is 11.6. The first kappa shape index (κ1) is 12.1. The zero-order chi connectivity index (χ0) is 14.1. The van der Waals surface area contributed by atoms with E-state index in [1.165, 1.54) is 18.2 Å². The fourth-order valence-corrected chi connectivity index (χ4v) is 2.06. The standard InChI is InChI=1S/C15H12N2O3/c18-13-6-5-9(7-14(13)19)17-15(20)11-8-16-12-4-2-1-3-10(11)12/h1-8,16,18-19H,(H,17,20). The van der Waals surface area contributed by atoms with Gasteiger partial charge < -0.3 is 20.5 Å². The van der Waals surface area contributed by atoms with Crippen molar-refractivity contribution in [2.45, 2.75) is 0 Å². The molecule has 5 heteroatoms. The maximum atomic E-state index is 12.2. The number of anilines is 1. The van der Waals surface area contributed by atoms with Gasteiger partial charge in [-0.05, 0) is 18.2 Å². The summed E-state index contributed by atoms with van der Waals surface area (Å²) in [6.45, 7) is 0. The smallest absolute Gasteiger partial charge is 0.257 e. The number of carbonyl (C=O) groups excluding carboxylic acids is 1. The van der Waals surface area contributed by atoms with Crippen molar-refractivity contribution in [3.8, 4) is 11.5 Å². The molecule has 0 atom stereocenters. The van der Waals surface area contributed by atoms with Crippen LogP contribution in [0.3, 0.4) is 0 Å². The number of fused-ring (bicyclic) bond motifs is 1. The number of hydrogen-bond donors (Lipinski definition) is 4. The van der Waals surface area contributed by atoms with E-state index >= 15 is 0 Å². The van der Waals surface area contributed by atoms with Crippen LogP contribution in [0.25, 0.3) is 10.9 Å². The Hall–Kier alpha value is -2.95. The van der Waals surface area contributed by atoms with Crippen LogP contribution in [0.2, 0.25) is 0 Å². The number of carbonyl (C=O) groups is 1. The lowest BCUT2D eigenvalue weighted by Crippen LogP contribution is -2.11. The van der Waals surface area contributed by atoms with E-state index in [2.05, 4.69) is 10.3 Å². The molecule has 0 saturated carbocycles. The number of para-hydroxylation sites is 1. The lowest BCUT2D eigenvalue weighted by molar-refractivity contribution is 0.102. The summed E-state index contributed by atoms with van der Waals surface area (Å²) in [5, 5.41) is 22.1. The van der Waals surface area contributed by atoms with Crippen molar-refractivity contribution in [1.82, 2.24) is 4.98 Å². The second kappa shape index (κ2) is 4.62. The zero-order valence-corrected chi connectivity index (χ0v) is 10.4. The predicted molar refractivity (Wildman–Crippen MR) is 76.0 cm³/mol. The molecule has 0 radical (unpaired) electrons. The van der Waals surface area contributed by atoms with Gasteiger partial charge in [-0.15, -0.1) is 0 Å². The Morgan fingerprint density at radius 2 is 1.85 bits per heavy atom. The first-order valence-electron chi connectivity index (χ1n) is 6.04. The van der Waals surface area contributed by atoms with Crippen molar-refractivity contribution >= 4 is 22.5 Å². The summed E-state index contributed by atoms with van der Waals surface area (Å²) in [6.07, 6.45) is 1.64. The summed E-state index contributed by atoms with van der Waals surface area (Å²) in [5.74, 6) is -0.788. The molecule has 20 heavy (non-hydrogen) atoms. The summed E-state index contributed by atoms with van der Waals surface area (Å²) in [4.78, 5) is 15.2. The molecule has 0 bridgehead atoms. The SMILES string of the molecule is O=C(Nc1ccc(O)c(O)c1)c1c[nH]c2ccccc12. The Bertz CT molecular complexity index is 793. The van der Waals surface area contributed by atoms with Crippen LogP contribution in [0.5, 0.6) is 11.5 Å². The lowest BCUT2D eigenvalue weighted by atomic mass is 10.1. The Morgan fingerprint density at radius 3 is 2.65 bits per heavy atom. The van der Waals surface area contributed by atoms with Gasteiger partial charge in [-0.3, -0.25) is 4.79 Å². The number of rotatable bonds is 2. The average molecular weight is 268 g/mol. The maximum absolute atomic E-state index is 12.2. The van der Waals surface area contributed by atoms with E-state index < -0.39 is 0 Å². The Labute approximate surface area is 114 Å². The van der Waals surface area contributed by atoms with E-state index in [0.717, 1.165) is 10.9 Å². The van der Waals surface area contributed by atoms with Crippen molar-refractivity contribution in [1.29, 1.82) is 0 Å². The normalized spacial score (nSPS) is 10.6. The monoisotopic (exact) mass is 268 g/mol. The number of amides is 1. The molecule has 5 nitrogen and oxygen atoms in total. The second-order valence-electron chi connectivity index (χ2n) is 4.41. The van der Waals surface area contributed by atoms with Gasteiger partial charge in [0.25, 0.3) is 5.91 Å². The zero-order valence-electron chi connectivity index (χ0n) is 10.4. The molecule has 3 aromatic rings. The van der Waals surface area contributed by atoms with Gasteiger partial charge in [-0.1, -0.05) is 18.2 Å². The minimum atomic E-state index is -0.285. The van der Waals surface area contributed by atoms with E-state index in [4.69, 9.17) is 0 Å². The predicted octanol–water partition coefficient (Wildman–Crippen LogP) is 2.83. The first-order chi connectivity index (χ1) is 9.65. The van der Waals surface area contributed by atoms with Crippen LogP contribution in [-0.4, -0.2) is 21.1 Å². The molecule has 0 spiro atoms. The van der Waals surface area contributed by atoms with Crippen molar-refractivity contribution < 1.29 is 15.0 Å². The van der Waals surface area contributed by atoms with Gasteiger partial charge in [0.05, 0.1) is 5.56 Å². The third kappa shape index (κ3) is 2.05. The molecule has 2 aromatic carbocycles. The van der Waals surface area contributed by atoms with E-state index in [0.29, 0.717) is 11.3 Å². The van der Waals surface area contributed by atoms with Crippen LogP contribution >= 0.6 is 0 Å². The Kier molecular flexibility index (Phi) is 2.80. The lowest BCUT2D eigenvalue weighted by Gasteiger charge is -2.05. The van der Waals surface area contributed by atoms with Gasteiger partial charge in [-0.2, -0.15) is 0 Å². The Balaban J connectivity index is 1.91. The number of nitrogens with one attached hydrogen (secondary N) is 2. The molecule has 0 fully saturated rings. The minimum absolute atomic E-state index is 0.227. The van der Waals surface area contributed by atoms with Crippen LogP contribution in [0.15, 0.2) is 48.7 Å². The summed E-state index contributed by atoms with van der Waals surface area (Å²) < 4.78 is 0. The van der Waals surface area contributed by atoms with Crippen LogP contribution in [0.4, 0.5) is 5.69 Å². The van der Waals surface area contributed by atoms with Gasteiger partial charge in [0, 0.05) is 28.9 Å². The fourth-order valence-electron chi connectivity index (χ4n) is 2.06. The highest BCUT2D eigenvalue weighted by Crippen LogP contribution is 2.28. The highest BCUT2D eigenvalue weighted by Gasteiger charge is 2.12. The Morgan fingerprint density at radius 1 is 1.05 bits per heavy atom. The van der Waals surface area contributed by atoms with Crippen molar-refractivity contribution in [3.05, 3.63) is 54.2 Å². The molecular formula is C15H12N2O3. The van der Waals surface area contributed by atoms with E-state index in [1.54, 1.807) is 6.20 Å². The molecule has 0 aliphatic heterocycles. The molecule has 1 amide bonds. The molecule has 0 aliphatic rings. The van der Waals surface area contributed by atoms with Crippen LogP contribution in [0.1, 0.15) is 10.4 Å². The molecule has 0 saturated heterocycles. The van der Waals surface area contributed by atoms with Gasteiger partial charge in [0.1, 0.15) is 0 Å². The van der Waals surface area contributed by atoms with E-state index in [1.807, 2.05) is 24.3 Å². The van der Waals surface area contributed by atoms with Crippen LogP contribution in [0, 0.1) is 0 Å². The number of aromatic amines is 1. The number of benzene rings is 2. The molecule has 1 aromatic heterocycles. The topological polar surface area (TPSA) is 85.3 Å². The number of aromatic hydroxyl groups is 2.